The van der Waals surface area contributed by atoms with E-state index in [1.807, 2.05) is 48.5 Å². The molecule has 0 aliphatic heterocycles. The van der Waals surface area contributed by atoms with Gasteiger partial charge in [0.15, 0.2) is 0 Å². The smallest absolute Gasteiger partial charge is 0.115 e. The maximum atomic E-state index is 9.55. The number of unbranched alkanes of at least 4 members (excludes halogenated alkanes) is 3. The lowest BCUT2D eigenvalue weighted by Gasteiger charge is -2.38. The van der Waals surface area contributed by atoms with E-state index in [0.29, 0.717) is 11.5 Å². The van der Waals surface area contributed by atoms with E-state index in [4.69, 9.17) is 0 Å². The minimum absolute atomic E-state index is 0.102. The quantitative estimate of drug-likeness (QED) is 0.150. The van der Waals surface area contributed by atoms with Crippen LogP contribution in [-0.4, -0.2) is 20.4 Å². The topological polar surface area (TPSA) is 80.9 Å². The Bertz CT molecular complexity index is 1390. The Balaban J connectivity index is 0.000000197. The Morgan fingerprint density at radius 1 is 0.581 bits per heavy atom. The molecule has 1 aliphatic rings. The van der Waals surface area contributed by atoms with Gasteiger partial charge in [0.2, 0.25) is 0 Å². The molecule has 5 rings (SSSR count). The van der Waals surface area contributed by atoms with E-state index < -0.39 is 0 Å². The van der Waals surface area contributed by atoms with Crippen LogP contribution < -0.4 is 0 Å². The lowest BCUT2D eigenvalue weighted by molar-refractivity contribution is 0.462. The zero-order valence-electron chi connectivity index (χ0n) is 25.4. The molecule has 4 aromatic carbocycles. The molecule has 0 spiro atoms. The predicted octanol–water partition coefficient (Wildman–Crippen LogP) is 9.52. The molecule has 0 radical (unpaired) electrons. The monoisotopic (exact) mass is 576 g/mol. The molecule has 4 heteroatoms. The second-order valence-corrected chi connectivity index (χ2v) is 11.7. The van der Waals surface area contributed by atoms with Gasteiger partial charge in [-0.3, -0.25) is 0 Å². The van der Waals surface area contributed by atoms with E-state index in [1.165, 1.54) is 36.8 Å². The van der Waals surface area contributed by atoms with Gasteiger partial charge >= 0.3 is 0 Å². The summed E-state index contributed by atoms with van der Waals surface area (Å²) in [5.41, 5.74) is 4.27. The molecule has 224 valence electrons. The maximum absolute atomic E-state index is 9.55. The van der Waals surface area contributed by atoms with Gasteiger partial charge in [0, 0.05) is 10.8 Å². The summed E-state index contributed by atoms with van der Waals surface area (Å²) in [5, 5.41) is 38.2. The van der Waals surface area contributed by atoms with Crippen molar-refractivity contribution in [3.63, 3.8) is 0 Å². The van der Waals surface area contributed by atoms with Gasteiger partial charge in [-0.25, -0.2) is 0 Å². The number of phenols is 4. The summed E-state index contributed by atoms with van der Waals surface area (Å²) in [6.07, 6.45) is 14.5. The minimum atomic E-state index is -0.282. The summed E-state index contributed by atoms with van der Waals surface area (Å²) >= 11 is 0. The molecule has 1 atom stereocenters. The third kappa shape index (κ3) is 7.32. The molecule has 0 fully saturated rings. The number of benzene rings is 4. The molecule has 4 N–H and O–H groups in total. The minimum Gasteiger partial charge on any atom is -0.508 e. The molecule has 1 aliphatic carbocycles. The Labute approximate surface area is 256 Å². The van der Waals surface area contributed by atoms with Crippen LogP contribution in [0.25, 0.3) is 0 Å². The van der Waals surface area contributed by atoms with E-state index in [9.17, 15) is 20.4 Å². The van der Waals surface area contributed by atoms with Crippen LogP contribution in [0.2, 0.25) is 0 Å². The highest BCUT2D eigenvalue weighted by Gasteiger charge is 2.37. The Morgan fingerprint density at radius 3 is 1.40 bits per heavy atom. The molecule has 0 heterocycles. The van der Waals surface area contributed by atoms with Crippen LogP contribution in [0.3, 0.4) is 0 Å². The van der Waals surface area contributed by atoms with E-state index in [1.54, 1.807) is 48.5 Å². The van der Waals surface area contributed by atoms with Crippen molar-refractivity contribution in [1.29, 1.82) is 0 Å². The fourth-order valence-electron chi connectivity index (χ4n) is 6.12. The summed E-state index contributed by atoms with van der Waals surface area (Å²) in [7, 11) is 0. The van der Waals surface area contributed by atoms with E-state index in [2.05, 4.69) is 45.1 Å². The van der Waals surface area contributed by atoms with Crippen LogP contribution in [0.15, 0.2) is 121 Å². The average Bonchev–Trinajstić information content (AvgIpc) is 3.01. The number of allylic oxidation sites excluding steroid dienone is 4. The first-order valence-electron chi connectivity index (χ1n) is 15.2. The van der Waals surface area contributed by atoms with Crippen LogP contribution in [0.5, 0.6) is 23.0 Å². The predicted molar refractivity (Wildman–Crippen MR) is 176 cm³/mol. The van der Waals surface area contributed by atoms with Crippen LogP contribution in [0.1, 0.15) is 75.1 Å². The van der Waals surface area contributed by atoms with Crippen molar-refractivity contribution in [1.82, 2.24) is 0 Å². The average molecular weight is 577 g/mol. The SMILES string of the molecule is CC1C=CC=CC1(c1ccc(O)cc1)c1ccc(O)cc1.CCCCCCC(C)(c1ccc(O)cc1)c1ccc(O)cc1. The van der Waals surface area contributed by atoms with Gasteiger partial charge in [-0.1, -0.05) is 119 Å². The molecule has 4 nitrogen and oxygen atoms in total. The Hall–Kier alpha value is -4.44. The zero-order valence-corrected chi connectivity index (χ0v) is 25.4. The molecule has 0 saturated heterocycles. The summed E-state index contributed by atoms with van der Waals surface area (Å²) in [6, 6.07) is 29.7. The highest BCUT2D eigenvalue weighted by atomic mass is 16.3. The lowest BCUT2D eigenvalue weighted by atomic mass is 9.65. The second-order valence-electron chi connectivity index (χ2n) is 11.7. The number of hydrogen-bond acceptors (Lipinski definition) is 4. The second kappa shape index (κ2) is 14.2. The Morgan fingerprint density at radius 2 is 1.00 bits per heavy atom. The molecule has 1 unspecified atom stereocenters. The van der Waals surface area contributed by atoms with Gasteiger partial charge < -0.3 is 20.4 Å². The molecule has 43 heavy (non-hydrogen) atoms. The van der Waals surface area contributed by atoms with Crippen LogP contribution >= 0.6 is 0 Å². The van der Waals surface area contributed by atoms with Crippen LogP contribution in [0.4, 0.5) is 0 Å². The van der Waals surface area contributed by atoms with Gasteiger partial charge in [0.05, 0.1) is 0 Å². The normalized spacial score (nSPS) is 15.5. The number of phenolic OH excluding ortho intramolecular Hbond substituents is 4. The van der Waals surface area contributed by atoms with Crippen LogP contribution in [-0.2, 0) is 10.8 Å². The van der Waals surface area contributed by atoms with Crippen LogP contribution in [0, 0.1) is 5.92 Å². The first-order valence-corrected chi connectivity index (χ1v) is 15.2. The third-order valence-electron chi connectivity index (χ3n) is 8.82. The fraction of sp³-hybridized carbons (Fsp3) is 0.282. The van der Waals surface area contributed by atoms with E-state index in [0.717, 1.165) is 17.5 Å². The molecule has 0 amide bonds. The van der Waals surface area contributed by atoms with Crippen molar-refractivity contribution in [3.8, 4) is 23.0 Å². The van der Waals surface area contributed by atoms with E-state index in [-0.39, 0.29) is 28.2 Å². The molecule has 4 aromatic rings. The van der Waals surface area contributed by atoms with Gasteiger partial charge in [-0.15, -0.1) is 0 Å². The molecular weight excluding hydrogens is 532 g/mol. The largest absolute Gasteiger partial charge is 0.508 e. The molecular formula is C39H44O4. The zero-order chi connectivity index (χ0) is 30.9. The summed E-state index contributed by atoms with van der Waals surface area (Å²) in [5.74, 6) is 1.40. The van der Waals surface area contributed by atoms with Gasteiger partial charge in [-0.2, -0.15) is 0 Å². The van der Waals surface area contributed by atoms with E-state index >= 15 is 0 Å². The number of aromatic hydroxyl groups is 4. The first-order chi connectivity index (χ1) is 20.7. The first kappa shape index (κ1) is 31.5. The third-order valence-corrected chi connectivity index (χ3v) is 8.82. The highest BCUT2D eigenvalue weighted by Crippen LogP contribution is 2.44. The number of hydrogen-bond donors (Lipinski definition) is 4. The molecule has 0 aromatic heterocycles. The van der Waals surface area contributed by atoms with Crippen molar-refractivity contribution in [3.05, 3.63) is 144 Å². The number of rotatable bonds is 9. The van der Waals surface area contributed by atoms with Crippen molar-refractivity contribution in [2.45, 2.75) is 63.7 Å². The van der Waals surface area contributed by atoms with Gasteiger partial charge in [-0.05, 0) is 83.1 Å². The summed E-state index contributed by atoms with van der Waals surface area (Å²) < 4.78 is 0. The van der Waals surface area contributed by atoms with Crippen molar-refractivity contribution in [2.75, 3.05) is 0 Å². The lowest BCUT2D eigenvalue weighted by Crippen LogP contribution is -2.33. The van der Waals surface area contributed by atoms with Crippen molar-refractivity contribution >= 4 is 0 Å². The standard InChI is InChI=1S/C20H26O2.C19H18O2/c1-3-4-5-6-15-20(2,16-7-11-18(21)12-8-16)17-9-13-19(22)14-10-17;1-14-4-2-3-13-19(14,15-5-9-17(20)10-6-15)16-7-11-18(21)12-8-16/h7-14,21-22H,3-6,15H2,1-2H3;2-14,20-21H,1H3. The van der Waals surface area contributed by atoms with Crippen molar-refractivity contribution in [2.24, 2.45) is 5.92 Å². The van der Waals surface area contributed by atoms with Gasteiger partial charge in [0.1, 0.15) is 23.0 Å². The molecule has 0 saturated carbocycles. The highest BCUT2D eigenvalue weighted by molar-refractivity contribution is 5.50. The Kier molecular flexibility index (Phi) is 10.4. The molecule has 0 bridgehead atoms. The van der Waals surface area contributed by atoms with Gasteiger partial charge in [0.25, 0.3) is 0 Å². The summed E-state index contributed by atoms with van der Waals surface area (Å²) in [4.78, 5) is 0. The maximum Gasteiger partial charge on any atom is 0.115 e. The van der Waals surface area contributed by atoms with Crippen molar-refractivity contribution < 1.29 is 20.4 Å². The fourth-order valence-corrected chi connectivity index (χ4v) is 6.12. The summed E-state index contributed by atoms with van der Waals surface area (Å²) in [6.45, 7) is 6.65.